The van der Waals surface area contributed by atoms with Crippen LogP contribution >= 0.6 is 0 Å². The van der Waals surface area contributed by atoms with Gasteiger partial charge < -0.3 is 10.1 Å². The lowest BCUT2D eigenvalue weighted by atomic mass is 10.2. The molecule has 0 aliphatic heterocycles. The molecule has 0 radical (unpaired) electrons. The fraction of sp³-hybridized carbons (Fsp3) is 0.385. The van der Waals surface area contributed by atoms with E-state index in [0.29, 0.717) is 13.1 Å². The van der Waals surface area contributed by atoms with E-state index >= 15 is 0 Å². The molecular formula is C13H16F3NO. The average Bonchev–Trinajstić information content (AvgIpc) is 2.32. The van der Waals surface area contributed by atoms with E-state index < -0.39 is 12.8 Å². The highest BCUT2D eigenvalue weighted by atomic mass is 19.4. The Bertz CT molecular complexity index is 349. The first-order chi connectivity index (χ1) is 8.58. The molecule has 0 unspecified atom stereocenters. The van der Waals surface area contributed by atoms with Crippen LogP contribution in [-0.2, 0) is 4.74 Å². The molecule has 1 N–H and O–H groups in total. The number of benzene rings is 1. The molecular weight excluding hydrogens is 243 g/mol. The quantitative estimate of drug-likeness (QED) is 0.760. The predicted octanol–water partition coefficient (Wildman–Crippen LogP) is 2.87. The lowest BCUT2D eigenvalue weighted by Gasteiger charge is -2.07. The third-order valence-corrected chi connectivity index (χ3v) is 2.06. The van der Waals surface area contributed by atoms with E-state index in [4.69, 9.17) is 0 Å². The molecule has 1 aromatic carbocycles. The maximum absolute atomic E-state index is 11.7. The summed E-state index contributed by atoms with van der Waals surface area (Å²) in [5.74, 6) is 0. The van der Waals surface area contributed by atoms with Gasteiger partial charge in [-0.1, -0.05) is 42.5 Å². The van der Waals surface area contributed by atoms with Gasteiger partial charge in [0.1, 0.15) is 6.61 Å². The van der Waals surface area contributed by atoms with Crippen LogP contribution in [0.25, 0.3) is 6.08 Å². The minimum absolute atomic E-state index is 0.0543. The summed E-state index contributed by atoms with van der Waals surface area (Å²) in [6.45, 7) is -0.132. The van der Waals surface area contributed by atoms with Crippen LogP contribution in [0.5, 0.6) is 0 Å². The molecule has 0 bridgehead atoms. The molecule has 0 saturated carbocycles. The van der Waals surface area contributed by atoms with Crippen LogP contribution in [0.3, 0.4) is 0 Å². The zero-order valence-electron chi connectivity index (χ0n) is 9.91. The Kier molecular flexibility index (Phi) is 6.46. The number of nitrogens with one attached hydrogen (secondary N) is 1. The van der Waals surface area contributed by atoms with Crippen molar-refractivity contribution in [3.63, 3.8) is 0 Å². The van der Waals surface area contributed by atoms with Crippen molar-refractivity contribution < 1.29 is 17.9 Å². The van der Waals surface area contributed by atoms with Crippen LogP contribution in [0, 0.1) is 0 Å². The second-order valence-corrected chi connectivity index (χ2v) is 3.68. The van der Waals surface area contributed by atoms with Gasteiger partial charge in [0.05, 0.1) is 6.61 Å². The second kappa shape index (κ2) is 7.89. The van der Waals surface area contributed by atoms with Crippen molar-refractivity contribution in [2.45, 2.75) is 6.18 Å². The van der Waals surface area contributed by atoms with Crippen LogP contribution in [0.1, 0.15) is 5.56 Å². The Hall–Kier alpha value is -1.33. The van der Waals surface area contributed by atoms with Gasteiger partial charge in [-0.25, -0.2) is 0 Å². The van der Waals surface area contributed by atoms with Gasteiger partial charge in [0, 0.05) is 13.1 Å². The number of hydrogen-bond donors (Lipinski definition) is 1. The Morgan fingerprint density at radius 1 is 1.17 bits per heavy atom. The van der Waals surface area contributed by atoms with Crippen molar-refractivity contribution in [1.82, 2.24) is 5.32 Å². The van der Waals surface area contributed by atoms with Crippen molar-refractivity contribution >= 4 is 6.08 Å². The predicted molar refractivity (Wildman–Crippen MR) is 65.2 cm³/mol. The van der Waals surface area contributed by atoms with Gasteiger partial charge in [-0.3, -0.25) is 0 Å². The number of halogens is 3. The molecule has 100 valence electrons. The zero-order chi connectivity index (χ0) is 13.3. The van der Waals surface area contributed by atoms with Gasteiger partial charge in [0.2, 0.25) is 0 Å². The van der Waals surface area contributed by atoms with Crippen LogP contribution in [0.2, 0.25) is 0 Å². The third-order valence-electron chi connectivity index (χ3n) is 2.06. The molecule has 1 aromatic rings. The van der Waals surface area contributed by atoms with Crippen molar-refractivity contribution in [3.8, 4) is 0 Å². The summed E-state index contributed by atoms with van der Waals surface area (Å²) in [4.78, 5) is 0. The van der Waals surface area contributed by atoms with E-state index in [2.05, 4.69) is 10.1 Å². The molecule has 0 aliphatic carbocycles. The van der Waals surface area contributed by atoms with Gasteiger partial charge in [-0.15, -0.1) is 0 Å². The summed E-state index contributed by atoms with van der Waals surface area (Å²) in [5, 5.41) is 2.96. The molecule has 0 heterocycles. The van der Waals surface area contributed by atoms with Crippen LogP contribution in [0.15, 0.2) is 36.4 Å². The first-order valence-corrected chi connectivity index (χ1v) is 5.65. The van der Waals surface area contributed by atoms with Crippen molar-refractivity contribution in [1.29, 1.82) is 0 Å². The van der Waals surface area contributed by atoms with Gasteiger partial charge in [0.25, 0.3) is 0 Å². The van der Waals surface area contributed by atoms with E-state index in [0.717, 1.165) is 5.56 Å². The molecule has 0 amide bonds. The minimum Gasteiger partial charge on any atom is -0.371 e. The summed E-state index contributed by atoms with van der Waals surface area (Å²) in [6.07, 6.45) is -0.379. The van der Waals surface area contributed by atoms with Gasteiger partial charge in [-0.2, -0.15) is 13.2 Å². The first-order valence-electron chi connectivity index (χ1n) is 5.65. The molecule has 0 saturated heterocycles. The Morgan fingerprint density at radius 2 is 1.89 bits per heavy atom. The molecule has 2 nitrogen and oxygen atoms in total. The number of rotatable bonds is 7. The fourth-order valence-electron chi connectivity index (χ4n) is 1.28. The highest BCUT2D eigenvalue weighted by Crippen LogP contribution is 2.13. The molecule has 5 heteroatoms. The molecule has 0 aromatic heterocycles. The summed E-state index contributed by atoms with van der Waals surface area (Å²) >= 11 is 0. The molecule has 0 spiro atoms. The van der Waals surface area contributed by atoms with E-state index in [1.54, 1.807) is 0 Å². The zero-order valence-corrected chi connectivity index (χ0v) is 9.91. The number of hydrogen-bond acceptors (Lipinski definition) is 2. The number of alkyl halides is 3. The normalized spacial score (nSPS) is 12.2. The Balaban J connectivity index is 2.01. The summed E-state index contributed by atoms with van der Waals surface area (Å²) in [7, 11) is 0. The number of ether oxygens (including phenoxy) is 1. The van der Waals surface area contributed by atoms with Gasteiger partial charge >= 0.3 is 6.18 Å². The van der Waals surface area contributed by atoms with E-state index in [-0.39, 0.29) is 6.61 Å². The summed E-state index contributed by atoms with van der Waals surface area (Å²) in [6, 6.07) is 9.77. The second-order valence-electron chi connectivity index (χ2n) is 3.68. The Morgan fingerprint density at radius 3 is 2.56 bits per heavy atom. The highest BCUT2D eigenvalue weighted by molar-refractivity contribution is 5.48. The van der Waals surface area contributed by atoms with Crippen molar-refractivity contribution in [2.24, 2.45) is 0 Å². The smallest absolute Gasteiger partial charge is 0.371 e. The molecule has 0 atom stereocenters. The van der Waals surface area contributed by atoms with Crippen LogP contribution < -0.4 is 5.32 Å². The summed E-state index contributed by atoms with van der Waals surface area (Å²) < 4.78 is 39.6. The fourth-order valence-corrected chi connectivity index (χ4v) is 1.28. The Labute approximate surface area is 104 Å². The van der Waals surface area contributed by atoms with Gasteiger partial charge in [-0.05, 0) is 5.56 Å². The van der Waals surface area contributed by atoms with E-state index in [1.165, 1.54) is 0 Å². The lowest BCUT2D eigenvalue weighted by molar-refractivity contribution is -0.173. The SMILES string of the molecule is FC(F)(F)COCCNCC=Cc1ccccc1. The largest absolute Gasteiger partial charge is 0.411 e. The van der Waals surface area contributed by atoms with E-state index in [1.807, 2.05) is 42.5 Å². The maximum Gasteiger partial charge on any atom is 0.411 e. The van der Waals surface area contributed by atoms with E-state index in [9.17, 15) is 13.2 Å². The molecule has 1 rings (SSSR count). The lowest BCUT2D eigenvalue weighted by Crippen LogP contribution is -2.23. The first kappa shape index (κ1) is 14.7. The average molecular weight is 259 g/mol. The monoisotopic (exact) mass is 259 g/mol. The third kappa shape index (κ3) is 7.86. The molecule has 18 heavy (non-hydrogen) atoms. The highest BCUT2D eigenvalue weighted by Gasteiger charge is 2.26. The van der Waals surface area contributed by atoms with Crippen molar-refractivity contribution in [2.75, 3.05) is 26.3 Å². The van der Waals surface area contributed by atoms with Gasteiger partial charge in [0.15, 0.2) is 0 Å². The van der Waals surface area contributed by atoms with Crippen molar-refractivity contribution in [3.05, 3.63) is 42.0 Å². The topological polar surface area (TPSA) is 21.3 Å². The summed E-state index contributed by atoms with van der Waals surface area (Å²) in [5.41, 5.74) is 1.09. The standard InChI is InChI=1S/C13H16F3NO/c14-13(15,16)11-18-10-9-17-8-4-7-12-5-2-1-3-6-12/h1-7,17H,8-11H2. The molecule has 0 fully saturated rings. The molecule has 0 aliphatic rings. The maximum atomic E-state index is 11.7. The van der Waals surface area contributed by atoms with Crippen LogP contribution in [0.4, 0.5) is 13.2 Å². The minimum atomic E-state index is -4.24. The van der Waals surface area contributed by atoms with Crippen LogP contribution in [-0.4, -0.2) is 32.5 Å².